The molecule has 1 fully saturated rings. The molecule has 0 nitrogen and oxygen atoms in total. The summed E-state index contributed by atoms with van der Waals surface area (Å²) in [4.78, 5) is 0. The lowest BCUT2D eigenvalue weighted by Crippen LogP contribution is -2.14. The van der Waals surface area contributed by atoms with Crippen molar-refractivity contribution in [2.24, 2.45) is 23.7 Å². The van der Waals surface area contributed by atoms with Gasteiger partial charge in [0, 0.05) is 0 Å². The third-order valence-electron chi connectivity index (χ3n) is 4.94. The van der Waals surface area contributed by atoms with Crippen LogP contribution in [0, 0.1) is 23.7 Å². The smallest absolute Gasteiger partial charge is 0.0355 e. The van der Waals surface area contributed by atoms with Crippen molar-refractivity contribution in [3.63, 3.8) is 0 Å². The Labute approximate surface area is 110 Å². The molecule has 102 valence electrons. The van der Waals surface area contributed by atoms with Crippen molar-refractivity contribution in [3.8, 4) is 0 Å². The zero-order valence-electron chi connectivity index (χ0n) is 12.7. The molecule has 0 bridgehead atoms. The van der Waals surface area contributed by atoms with Gasteiger partial charge in [-0.3, -0.25) is 0 Å². The van der Waals surface area contributed by atoms with Gasteiger partial charge in [-0.15, -0.1) is 0 Å². The van der Waals surface area contributed by atoms with Gasteiger partial charge < -0.3 is 0 Å². The van der Waals surface area contributed by atoms with E-state index < -0.39 is 0 Å². The summed E-state index contributed by atoms with van der Waals surface area (Å²) in [7, 11) is 0. The Bertz CT molecular complexity index is 184. The SMILES string of the molecule is CCCCCCCCC(C)C(CC)C1CC1C. The molecule has 1 saturated carbocycles. The van der Waals surface area contributed by atoms with Crippen LogP contribution in [0.15, 0.2) is 0 Å². The van der Waals surface area contributed by atoms with Gasteiger partial charge in [0.25, 0.3) is 0 Å². The summed E-state index contributed by atoms with van der Waals surface area (Å²) in [6, 6.07) is 0. The molecule has 4 unspecified atom stereocenters. The van der Waals surface area contributed by atoms with Crippen LogP contribution in [0.5, 0.6) is 0 Å². The third kappa shape index (κ3) is 5.44. The summed E-state index contributed by atoms with van der Waals surface area (Å²) in [6.45, 7) is 9.63. The fourth-order valence-corrected chi connectivity index (χ4v) is 3.54. The molecule has 0 aromatic heterocycles. The second kappa shape index (κ2) is 8.16. The van der Waals surface area contributed by atoms with E-state index in [2.05, 4.69) is 27.7 Å². The Morgan fingerprint density at radius 2 is 1.59 bits per heavy atom. The van der Waals surface area contributed by atoms with Gasteiger partial charge in [0.2, 0.25) is 0 Å². The summed E-state index contributed by atoms with van der Waals surface area (Å²) in [5.41, 5.74) is 0. The van der Waals surface area contributed by atoms with Crippen molar-refractivity contribution in [1.82, 2.24) is 0 Å². The van der Waals surface area contributed by atoms with Crippen LogP contribution in [0.4, 0.5) is 0 Å². The molecule has 0 spiro atoms. The first-order chi connectivity index (χ1) is 8.20. The monoisotopic (exact) mass is 238 g/mol. The van der Waals surface area contributed by atoms with Crippen molar-refractivity contribution >= 4 is 0 Å². The number of hydrogen-bond acceptors (Lipinski definition) is 0. The van der Waals surface area contributed by atoms with Crippen molar-refractivity contribution in [1.29, 1.82) is 0 Å². The Morgan fingerprint density at radius 3 is 2.12 bits per heavy atom. The van der Waals surface area contributed by atoms with Crippen LogP contribution in [-0.2, 0) is 0 Å². The predicted octanol–water partition coefficient (Wildman–Crippen LogP) is 6.06. The number of hydrogen-bond donors (Lipinski definition) is 0. The highest BCUT2D eigenvalue weighted by molar-refractivity contribution is 4.89. The highest BCUT2D eigenvalue weighted by atomic mass is 14.4. The largest absolute Gasteiger partial charge is 0.0654 e. The molecule has 17 heavy (non-hydrogen) atoms. The van der Waals surface area contributed by atoms with Crippen LogP contribution in [0.2, 0.25) is 0 Å². The molecule has 0 saturated heterocycles. The Kier molecular flexibility index (Phi) is 7.23. The molecule has 0 N–H and O–H groups in total. The van der Waals surface area contributed by atoms with Crippen LogP contribution in [0.25, 0.3) is 0 Å². The molecular formula is C17H34. The molecule has 0 aromatic rings. The minimum absolute atomic E-state index is 0.973. The Hall–Kier alpha value is 0. The predicted molar refractivity (Wildman–Crippen MR) is 78.2 cm³/mol. The lowest BCUT2D eigenvalue weighted by molar-refractivity contribution is 0.275. The van der Waals surface area contributed by atoms with Crippen molar-refractivity contribution in [2.75, 3.05) is 0 Å². The third-order valence-corrected chi connectivity index (χ3v) is 4.94. The van der Waals surface area contributed by atoms with Gasteiger partial charge in [0.05, 0.1) is 0 Å². The standard InChI is InChI=1S/C17H34/c1-5-7-8-9-10-11-12-14(3)16(6-2)17-13-15(17)4/h14-17H,5-13H2,1-4H3. The molecule has 0 heterocycles. The van der Waals surface area contributed by atoms with Crippen molar-refractivity contribution in [3.05, 3.63) is 0 Å². The number of rotatable bonds is 10. The van der Waals surface area contributed by atoms with Gasteiger partial charge >= 0.3 is 0 Å². The molecule has 0 heteroatoms. The lowest BCUT2D eigenvalue weighted by Gasteiger charge is -2.23. The zero-order valence-corrected chi connectivity index (χ0v) is 12.7. The molecule has 0 aromatic carbocycles. The molecule has 4 atom stereocenters. The van der Waals surface area contributed by atoms with Crippen LogP contribution >= 0.6 is 0 Å². The van der Waals surface area contributed by atoms with Crippen molar-refractivity contribution in [2.45, 2.75) is 85.5 Å². The molecular weight excluding hydrogens is 204 g/mol. The summed E-state index contributed by atoms with van der Waals surface area (Å²) in [6.07, 6.45) is 13.1. The highest BCUT2D eigenvalue weighted by Gasteiger charge is 2.40. The van der Waals surface area contributed by atoms with E-state index in [4.69, 9.17) is 0 Å². The maximum Gasteiger partial charge on any atom is -0.0355 e. The maximum atomic E-state index is 2.51. The summed E-state index contributed by atoms with van der Waals surface area (Å²) < 4.78 is 0. The van der Waals surface area contributed by atoms with E-state index >= 15 is 0 Å². The normalized spacial score (nSPS) is 26.8. The fraction of sp³-hybridized carbons (Fsp3) is 1.00. The minimum Gasteiger partial charge on any atom is -0.0654 e. The van der Waals surface area contributed by atoms with Gasteiger partial charge in [-0.1, -0.05) is 79.1 Å². The number of unbranched alkanes of at least 4 members (excludes halogenated alkanes) is 5. The average molecular weight is 238 g/mol. The van der Waals surface area contributed by atoms with Gasteiger partial charge in [0.1, 0.15) is 0 Å². The van der Waals surface area contributed by atoms with Gasteiger partial charge in [-0.2, -0.15) is 0 Å². The minimum atomic E-state index is 0.973. The van der Waals surface area contributed by atoms with E-state index in [1.807, 2.05) is 0 Å². The Balaban J connectivity index is 2.05. The van der Waals surface area contributed by atoms with E-state index in [1.54, 1.807) is 0 Å². The van der Waals surface area contributed by atoms with Crippen LogP contribution in [0.3, 0.4) is 0 Å². The van der Waals surface area contributed by atoms with Crippen molar-refractivity contribution < 1.29 is 0 Å². The highest BCUT2D eigenvalue weighted by Crippen LogP contribution is 2.48. The van der Waals surface area contributed by atoms with Gasteiger partial charge in [-0.25, -0.2) is 0 Å². The summed E-state index contributed by atoms with van der Waals surface area (Å²) >= 11 is 0. The Morgan fingerprint density at radius 1 is 1.00 bits per heavy atom. The fourth-order valence-electron chi connectivity index (χ4n) is 3.54. The zero-order chi connectivity index (χ0) is 12.7. The first kappa shape index (κ1) is 15.1. The second-order valence-electron chi connectivity index (χ2n) is 6.48. The first-order valence-corrected chi connectivity index (χ1v) is 8.20. The molecule has 0 amide bonds. The summed E-state index contributed by atoms with van der Waals surface area (Å²) in [5.74, 6) is 4.11. The van der Waals surface area contributed by atoms with E-state index in [-0.39, 0.29) is 0 Å². The average Bonchev–Trinajstić information content (AvgIpc) is 3.01. The van der Waals surface area contributed by atoms with E-state index in [0.29, 0.717) is 0 Å². The molecule has 0 aliphatic heterocycles. The van der Waals surface area contributed by atoms with Gasteiger partial charge in [0.15, 0.2) is 0 Å². The maximum absolute atomic E-state index is 2.51. The lowest BCUT2D eigenvalue weighted by atomic mass is 9.83. The quantitative estimate of drug-likeness (QED) is 0.406. The topological polar surface area (TPSA) is 0 Å². The molecule has 1 aliphatic rings. The van der Waals surface area contributed by atoms with Gasteiger partial charge in [-0.05, 0) is 30.1 Å². The van der Waals surface area contributed by atoms with E-state index in [0.717, 1.165) is 23.7 Å². The molecule has 1 aliphatic carbocycles. The van der Waals surface area contributed by atoms with E-state index in [1.165, 1.54) is 57.8 Å². The molecule has 0 radical (unpaired) electrons. The van der Waals surface area contributed by atoms with Crippen LogP contribution in [0.1, 0.15) is 85.5 Å². The first-order valence-electron chi connectivity index (χ1n) is 8.20. The van der Waals surface area contributed by atoms with Crippen LogP contribution in [-0.4, -0.2) is 0 Å². The van der Waals surface area contributed by atoms with Crippen LogP contribution < -0.4 is 0 Å². The molecule has 1 rings (SSSR count). The second-order valence-corrected chi connectivity index (χ2v) is 6.48. The van der Waals surface area contributed by atoms with E-state index in [9.17, 15) is 0 Å². The summed E-state index contributed by atoms with van der Waals surface area (Å²) in [5, 5.41) is 0.